The van der Waals surface area contributed by atoms with Crippen LogP contribution in [0, 0.1) is 0 Å². The van der Waals surface area contributed by atoms with Crippen molar-refractivity contribution in [3.63, 3.8) is 0 Å². The fourth-order valence-electron chi connectivity index (χ4n) is 3.29. The lowest BCUT2D eigenvalue weighted by Gasteiger charge is -2.10. The van der Waals surface area contributed by atoms with Gasteiger partial charge in [-0.1, -0.05) is 66.4 Å². The van der Waals surface area contributed by atoms with E-state index >= 15 is 0 Å². The summed E-state index contributed by atoms with van der Waals surface area (Å²) in [4.78, 5) is 12.8. The monoisotopic (exact) mass is 415 g/mol. The molecule has 0 radical (unpaired) electrons. The number of hydrogen-bond donors (Lipinski definition) is 0. The average molecular weight is 416 g/mol. The number of benzene rings is 3. The number of fused-ring (bicyclic) bond motifs is 1. The van der Waals surface area contributed by atoms with E-state index in [2.05, 4.69) is 16.8 Å². The minimum atomic E-state index is 0.0535. The van der Waals surface area contributed by atoms with E-state index in [-0.39, 0.29) is 11.5 Å². The fraction of sp³-hybridized carbons (Fsp3) is 0.125. The van der Waals surface area contributed by atoms with Crippen LogP contribution in [0.5, 0.6) is 5.75 Å². The number of nitrogens with zero attached hydrogens (tertiary/aromatic N) is 3. The number of ketones is 1. The van der Waals surface area contributed by atoms with Gasteiger partial charge in [-0.05, 0) is 29.0 Å². The van der Waals surface area contributed by atoms with Gasteiger partial charge in [-0.15, -0.1) is 16.8 Å². The Bertz CT molecular complexity index is 1220. The van der Waals surface area contributed by atoms with Gasteiger partial charge in [0.25, 0.3) is 0 Å². The Morgan fingerprint density at radius 2 is 1.83 bits per heavy atom. The molecule has 0 saturated heterocycles. The summed E-state index contributed by atoms with van der Waals surface area (Å²) in [7, 11) is 1.63. The quantitative estimate of drug-likeness (QED) is 0.223. The van der Waals surface area contributed by atoms with E-state index in [4.69, 9.17) is 4.74 Å². The molecule has 150 valence electrons. The molecule has 0 saturated carbocycles. The van der Waals surface area contributed by atoms with E-state index in [0.717, 1.165) is 22.1 Å². The van der Waals surface area contributed by atoms with Crippen molar-refractivity contribution in [3.8, 4) is 17.1 Å². The largest absolute Gasteiger partial charge is 0.496 e. The molecule has 3 aromatic carbocycles. The molecule has 30 heavy (non-hydrogen) atoms. The molecule has 1 heterocycles. The number of para-hydroxylation sites is 1. The topological polar surface area (TPSA) is 57.0 Å². The first-order chi connectivity index (χ1) is 14.7. The molecule has 0 N–H and O–H groups in total. The first-order valence-electron chi connectivity index (χ1n) is 9.53. The highest BCUT2D eigenvalue weighted by Crippen LogP contribution is 2.31. The van der Waals surface area contributed by atoms with Gasteiger partial charge in [-0.2, -0.15) is 0 Å². The normalized spacial score (nSPS) is 10.8. The molecule has 0 atom stereocenters. The standard InChI is InChI=1S/C24H21N3O2S/c1-3-14-27-23(20-10-6-7-11-22(20)29-2)25-26-24(27)30-16-21(28)19-13-12-17-8-4-5-9-18(17)15-19/h3-13,15H,1,14,16H2,2H3. The first-order valence-corrected chi connectivity index (χ1v) is 10.5. The van der Waals surface area contributed by atoms with Crippen molar-refractivity contribution in [3.05, 3.63) is 84.9 Å². The number of carbonyl (C=O) groups is 1. The number of methoxy groups -OCH3 is 1. The van der Waals surface area contributed by atoms with E-state index in [9.17, 15) is 4.79 Å². The molecule has 4 rings (SSSR count). The lowest BCUT2D eigenvalue weighted by atomic mass is 10.1. The van der Waals surface area contributed by atoms with Crippen LogP contribution < -0.4 is 4.74 Å². The van der Waals surface area contributed by atoms with E-state index in [1.807, 2.05) is 71.3 Å². The number of ether oxygens (including phenoxy) is 1. The summed E-state index contributed by atoms with van der Waals surface area (Å²) < 4.78 is 7.41. The second-order valence-corrected chi connectivity index (χ2v) is 7.62. The predicted octanol–water partition coefficient (Wildman–Crippen LogP) is 5.27. The lowest BCUT2D eigenvalue weighted by Crippen LogP contribution is -2.05. The number of carbonyl (C=O) groups excluding carboxylic acids is 1. The molecule has 5 nitrogen and oxygen atoms in total. The molecule has 0 aliphatic heterocycles. The highest BCUT2D eigenvalue weighted by atomic mass is 32.2. The van der Waals surface area contributed by atoms with Gasteiger partial charge in [-0.25, -0.2) is 0 Å². The van der Waals surface area contributed by atoms with Crippen LogP contribution in [0.15, 0.2) is 84.5 Å². The zero-order valence-electron chi connectivity index (χ0n) is 16.6. The number of aromatic nitrogens is 3. The van der Waals surface area contributed by atoms with Crippen LogP contribution in [0.4, 0.5) is 0 Å². The maximum Gasteiger partial charge on any atom is 0.192 e. The van der Waals surface area contributed by atoms with Crippen molar-refractivity contribution in [2.24, 2.45) is 0 Å². The van der Waals surface area contributed by atoms with E-state index in [0.29, 0.717) is 23.1 Å². The fourth-order valence-corrected chi connectivity index (χ4v) is 4.14. The van der Waals surface area contributed by atoms with Crippen LogP contribution in [0.1, 0.15) is 10.4 Å². The number of allylic oxidation sites excluding steroid dienone is 1. The van der Waals surface area contributed by atoms with Crippen molar-refractivity contribution >= 4 is 28.3 Å². The summed E-state index contributed by atoms with van der Waals surface area (Å²) in [5.41, 5.74) is 1.54. The van der Waals surface area contributed by atoms with Gasteiger partial charge in [0, 0.05) is 12.1 Å². The molecule has 1 aromatic heterocycles. The lowest BCUT2D eigenvalue weighted by molar-refractivity contribution is 0.102. The zero-order chi connectivity index (χ0) is 20.9. The Balaban J connectivity index is 1.57. The second-order valence-electron chi connectivity index (χ2n) is 6.68. The second kappa shape index (κ2) is 8.97. The van der Waals surface area contributed by atoms with Gasteiger partial charge < -0.3 is 4.74 Å². The third-order valence-corrected chi connectivity index (χ3v) is 5.75. The number of hydrogen-bond acceptors (Lipinski definition) is 5. The van der Waals surface area contributed by atoms with Crippen molar-refractivity contribution in [1.82, 2.24) is 14.8 Å². The Kier molecular flexibility index (Phi) is 5.95. The van der Waals surface area contributed by atoms with Crippen molar-refractivity contribution in [2.45, 2.75) is 11.7 Å². The van der Waals surface area contributed by atoms with Gasteiger partial charge in [0.05, 0.1) is 18.4 Å². The van der Waals surface area contributed by atoms with Gasteiger partial charge in [-0.3, -0.25) is 9.36 Å². The summed E-state index contributed by atoms with van der Waals surface area (Å²) >= 11 is 1.38. The van der Waals surface area contributed by atoms with Gasteiger partial charge >= 0.3 is 0 Å². The minimum Gasteiger partial charge on any atom is -0.496 e. The Morgan fingerprint density at radius 1 is 1.07 bits per heavy atom. The van der Waals surface area contributed by atoms with Crippen molar-refractivity contribution in [1.29, 1.82) is 0 Å². The Labute approximate surface area is 179 Å². The smallest absolute Gasteiger partial charge is 0.192 e. The molecule has 0 bridgehead atoms. The van der Waals surface area contributed by atoms with Crippen LogP contribution in [0.25, 0.3) is 22.2 Å². The molecule has 0 spiro atoms. The van der Waals surface area contributed by atoms with Crippen LogP contribution in [0.3, 0.4) is 0 Å². The number of rotatable bonds is 8. The average Bonchev–Trinajstić information content (AvgIpc) is 3.19. The number of thioether (sulfide) groups is 1. The highest BCUT2D eigenvalue weighted by molar-refractivity contribution is 7.99. The third kappa shape index (κ3) is 4.00. The van der Waals surface area contributed by atoms with Gasteiger partial charge in [0.1, 0.15) is 5.75 Å². The van der Waals surface area contributed by atoms with E-state index in [1.165, 1.54) is 11.8 Å². The van der Waals surface area contributed by atoms with Crippen molar-refractivity contribution < 1.29 is 9.53 Å². The summed E-state index contributed by atoms with van der Waals surface area (Å²) in [6.45, 7) is 4.38. The first kappa shape index (κ1) is 19.9. The Hall–Kier alpha value is -3.38. The third-order valence-electron chi connectivity index (χ3n) is 4.78. The van der Waals surface area contributed by atoms with Gasteiger partial charge in [0.2, 0.25) is 0 Å². The molecule has 0 fully saturated rings. The van der Waals surface area contributed by atoms with Crippen molar-refractivity contribution in [2.75, 3.05) is 12.9 Å². The predicted molar refractivity (Wildman–Crippen MR) is 121 cm³/mol. The molecule has 6 heteroatoms. The summed E-state index contributed by atoms with van der Waals surface area (Å²) in [5.74, 6) is 1.74. The molecular formula is C24H21N3O2S. The molecule has 0 aliphatic rings. The summed E-state index contributed by atoms with van der Waals surface area (Å²) in [6.07, 6.45) is 1.79. The van der Waals surface area contributed by atoms with Crippen LogP contribution in [-0.2, 0) is 6.54 Å². The molecular weight excluding hydrogens is 394 g/mol. The molecule has 0 amide bonds. The van der Waals surface area contributed by atoms with Crippen LogP contribution in [-0.4, -0.2) is 33.4 Å². The summed E-state index contributed by atoms with van der Waals surface area (Å²) in [5, 5.41) is 11.5. The van der Waals surface area contributed by atoms with Gasteiger partial charge in [0.15, 0.2) is 16.8 Å². The minimum absolute atomic E-state index is 0.0535. The SMILES string of the molecule is C=CCn1c(SCC(=O)c2ccc3ccccc3c2)nnc1-c1ccccc1OC. The maximum absolute atomic E-state index is 12.8. The maximum atomic E-state index is 12.8. The van der Waals surface area contributed by atoms with E-state index < -0.39 is 0 Å². The van der Waals surface area contributed by atoms with Crippen LogP contribution in [0.2, 0.25) is 0 Å². The highest BCUT2D eigenvalue weighted by Gasteiger charge is 2.18. The van der Waals surface area contributed by atoms with E-state index in [1.54, 1.807) is 13.2 Å². The Morgan fingerprint density at radius 3 is 2.63 bits per heavy atom. The molecule has 0 unspecified atom stereocenters. The van der Waals surface area contributed by atoms with Crippen LogP contribution >= 0.6 is 11.8 Å². The number of Topliss-reactive ketones (excluding diaryl/α,β-unsaturated/α-hetero) is 1. The molecule has 0 aliphatic carbocycles. The summed E-state index contributed by atoms with van der Waals surface area (Å²) in [6, 6.07) is 21.5. The zero-order valence-corrected chi connectivity index (χ0v) is 17.4. The molecule has 4 aromatic rings.